The second-order valence-corrected chi connectivity index (χ2v) is 21.8. The molecule has 2 atom stereocenters. The van der Waals surface area contributed by atoms with Crippen molar-refractivity contribution in [2.24, 2.45) is 0 Å². The first-order valence-corrected chi connectivity index (χ1v) is 32.6. The Labute approximate surface area is 467 Å². The Morgan fingerprint density at radius 3 is 0.880 bits per heavy atom. The summed E-state index contributed by atoms with van der Waals surface area (Å²) in [7, 11) is 0. The summed E-state index contributed by atoms with van der Waals surface area (Å²) in [6.07, 6.45) is 98.6. The molecule has 3 N–H and O–H groups in total. The minimum Gasteiger partial charge on any atom is -0.394 e. The molecular formula is C71H125NO3. The van der Waals surface area contributed by atoms with E-state index in [9.17, 15) is 15.0 Å². The number of rotatable bonds is 59. The van der Waals surface area contributed by atoms with E-state index in [1.165, 1.54) is 205 Å². The summed E-state index contributed by atoms with van der Waals surface area (Å²) in [6, 6.07) is -0.640. The van der Waals surface area contributed by atoms with E-state index in [2.05, 4.69) is 116 Å². The van der Waals surface area contributed by atoms with E-state index in [4.69, 9.17) is 0 Å². The maximum absolute atomic E-state index is 12.5. The van der Waals surface area contributed by atoms with Crippen LogP contribution in [-0.2, 0) is 4.79 Å². The van der Waals surface area contributed by atoms with E-state index in [0.717, 1.165) is 89.9 Å². The molecule has 432 valence electrons. The summed E-state index contributed by atoms with van der Waals surface area (Å²) in [6.45, 7) is 4.21. The van der Waals surface area contributed by atoms with Gasteiger partial charge >= 0.3 is 0 Å². The predicted octanol–water partition coefficient (Wildman–Crippen LogP) is 22.2. The van der Waals surface area contributed by atoms with Crippen LogP contribution in [0.2, 0.25) is 0 Å². The van der Waals surface area contributed by atoms with Crippen LogP contribution in [0.25, 0.3) is 0 Å². The number of aliphatic hydroxyl groups excluding tert-OH is 2. The number of hydrogen-bond donors (Lipinski definition) is 3. The second kappa shape index (κ2) is 65.3. The van der Waals surface area contributed by atoms with Crippen molar-refractivity contribution in [3.8, 4) is 0 Å². The zero-order valence-electron chi connectivity index (χ0n) is 49.8. The molecule has 0 aliphatic rings. The minimum absolute atomic E-state index is 0.0795. The Balaban J connectivity index is 3.55. The lowest BCUT2D eigenvalue weighted by Gasteiger charge is -2.20. The van der Waals surface area contributed by atoms with E-state index < -0.39 is 12.1 Å². The monoisotopic (exact) mass is 1040 g/mol. The molecule has 0 fully saturated rings. The van der Waals surface area contributed by atoms with Gasteiger partial charge in [-0.2, -0.15) is 0 Å². The number of hydrogen-bond acceptors (Lipinski definition) is 3. The molecule has 0 spiro atoms. The van der Waals surface area contributed by atoms with Crippen molar-refractivity contribution in [3.63, 3.8) is 0 Å². The van der Waals surface area contributed by atoms with Gasteiger partial charge in [-0.3, -0.25) is 4.79 Å². The highest BCUT2D eigenvalue weighted by molar-refractivity contribution is 5.76. The largest absolute Gasteiger partial charge is 0.394 e. The lowest BCUT2D eigenvalue weighted by Crippen LogP contribution is -2.45. The molecule has 0 aliphatic heterocycles. The molecule has 75 heavy (non-hydrogen) atoms. The number of unbranched alkanes of at least 4 members (excludes halogenated alkanes) is 36. The Bertz CT molecular complexity index is 1410. The van der Waals surface area contributed by atoms with E-state index >= 15 is 0 Å². The molecule has 4 nitrogen and oxygen atoms in total. The highest BCUT2D eigenvalue weighted by Crippen LogP contribution is 2.17. The fourth-order valence-electron chi connectivity index (χ4n) is 9.61. The number of nitrogens with one attached hydrogen (secondary N) is 1. The topological polar surface area (TPSA) is 69.6 Å². The number of amides is 1. The quantitative estimate of drug-likeness (QED) is 0.0420. The molecule has 0 aromatic carbocycles. The smallest absolute Gasteiger partial charge is 0.220 e. The molecule has 0 saturated carbocycles. The summed E-state index contributed by atoms with van der Waals surface area (Å²) in [5.74, 6) is -0.0795. The maximum atomic E-state index is 12.5. The summed E-state index contributed by atoms with van der Waals surface area (Å²) in [4.78, 5) is 12.5. The van der Waals surface area contributed by atoms with Crippen molar-refractivity contribution in [3.05, 3.63) is 109 Å². The minimum atomic E-state index is -0.856. The van der Waals surface area contributed by atoms with Gasteiger partial charge in [-0.25, -0.2) is 0 Å². The van der Waals surface area contributed by atoms with Gasteiger partial charge in [0.1, 0.15) is 0 Å². The Kier molecular flexibility index (Phi) is 62.8. The van der Waals surface area contributed by atoms with Crippen LogP contribution in [0.3, 0.4) is 0 Å². The van der Waals surface area contributed by atoms with E-state index in [1.54, 1.807) is 6.08 Å². The molecule has 0 aliphatic carbocycles. The van der Waals surface area contributed by atoms with E-state index in [1.807, 2.05) is 6.08 Å². The standard InChI is InChI=1S/C71H125NO3/c1-3-5-7-9-11-13-15-17-19-21-23-25-27-29-31-33-35-37-38-40-42-44-46-48-50-52-54-56-58-60-62-64-66-70(74)69(68-73)72-71(75)67-65-63-61-59-57-55-53-51-49-47-45-43-41-39-36-34-32-30-28-26-24-22-20-18-16-14-12-10-8-6-4-2/h6,8,12,14,18,20,24,26,30,32,36,39,43,45,49,51,64,66,69-70,73-74H,3-5,7,9-11,13,15-17,19,21-23,25,27-29,31,33-35,37-38,40-42,44,46-48,50,52-63,65,67-68H2,1-2H3,(H,72,75)/b8-6-,14-12-,20-18-,26-24-,32-30-,39-36-,45-43-,51-49-,66-64+. The summed E-state index contributed by atoms with van der Waals surface area (Å²) in [5.41, 5.74) is 0. The molecule has 0 bridgehead atoms. The van der Waals surface area contributed by atoms with Gasteiger partial charge in [0.05, 0.1) is 18.8 Å². The fourth-order valence-corrected chi connectivity index (χ4v) is 9.61. The van der Waals surface area contributed by atoms with Crippen molar-refractivity contribution in [2.45, 2.75) is 328 Å². The zero-order chi connectivity index (χ0) is 54.1. The Hall–Kier alpha value is -2.95. The van der Waals surface area contributed by atoms with E-state index in [-0.39, 0.29) is 12.5 Å². The van der Waals surface area contributed by atoms with Gasteiger partial charge in [-0.1, -0.05) is 335 Å². The first-order valence-electron chi connectivity index (χ1n) is 32.6. The molecule has 0 aromatic heterocycles. The third kappa shape index (κ3) is 61.8. The normalized spacial score (nSPS) is 13.5. The average Bonchev–Trinajstić information content (AvgIpc) is 3.41. The first-order chi connectivity index (χ1) is 37.2. The van der Waals surface area contributed by atoms with Crippen molar-refractivity contribution >= 4 is 5.91 Å². The second-order valence-electron chi connectivity index (χ2n) is 21.8. The van der Waals surface area contributed by atoms with Crippen LogP contribution in [0.15, 0.2) is 109 Å². The lowest BCUT2D eigenvalue weighted by molar-refractivity contribution is -0.123. The third-order valence-corrected chi connectivity index (χ3v) is 14.5. The van der Waals surface area contributed by atoms with Crippen LogP contribution in [0.5, 0.6) is 0 Å². The van der Waals surface area contributed by atoms with Crippen LogP contribution in [0, 0.1) is 0 Å². The van der Waals surface area contributed by atoms with Crippen LogP contribution in [0.1, 0.15) is 316 Å². The SMILES string of the molecule is CC/C=C\C/C=C\C/C=C\C/C=C\C/C=C\C/C=C\C/C=C\C/C=C\CCCCCCCCC(=O)NC(CO)C(O)/C=C/CCCCCCCCCCCCCCCCCCCCCCCCCCCCCCCC. The fraction of sp³-hybridized carbons (Fsp3) is 0.732. The highest BCUT2D eigenvalue weighted by atomic mass is 16.3. The summed E-state index contributed by atoms with van der Waals surface area (Å²) < 4.78 is 0. The molecule has 1 amide bonds. The summed E-state index contributed by atoms with van der Waals surface area (Å²) in [5, 5.41) is 23.3. The summed E-state index contributed by atoms with van der Waals surface area (Å²) >= 11 is 0. The van der Waals surface area contributed by atoms with Crippen molar-refractivity contribution in [1.29, 1.82) is 0 Å². The molecule has 0 heterocycles. The van der Waals surface area contributed by atoms with Crippen LogP contribution < -0.4 is 5.32 Å². The van der Waals surface area contributed by atoms with Gasteiger partial charge in [-0.05, 0) is 83.5 Å². The Morgan fingerprint density at radius 1 is 0.333 bits per heavy atom. The van der Waals surface area contributed by atoms with Crippen molar-refractivity contribution in [1.82, 2.24) is 5.32 Å². The number of allylic oxidation sites excluding steroid dienone is 17. The van der Waals surface area contributed by atoms with Crippen LogP contribution in [0.4, 0.5) is 0 Å². The number of aliphatic hydroxyl groups is 2. The molecular weight excluding hydrogens is 915 g/mol. The predicted molar refractivity (Wildman–Crippen MR) is 336 cm³/mol. The number of carbonyl (C=O) groups is 1. The lowest BCUT2D eigenvalue weighted by atomic mass is 10.0. The van der Waals surface area contributed by atoms with Crippen molar-refractivity contribution in [2.75, 3.05) is 6.61 Å². The van der Waals surface area contributed by atoms with Gasteiger partial charge in [0.2, 0.25) is 5.91 Å². The Morgan fingerprint density at radius 2 is 0.587 bits per heavy atom. The molecule has 0 saturated heterocycles. The average molecular weight is 1040 g/mol. The molecule has 2 unspecified atom stereocenters. The van der Waals surface area contributed by atoms with Gasteiger partial charge in [-0.15, -0.1) is 0 Å². The van der Waals surface area contributed by atoms with Gasteiger partial charge < -0.3 is 15.5 Å². The van der Waals surface area contributed by atoms with Crippen molar-refractivity contribution < 1.29 is 15.0 Å². The molecule has 0 rings (SSSR count). The van der Waals surface area contributed by atoms with Gasteiger partial charge in [0, 0.05) is 6.42 Å². The van der Waals surface area contributed by atoms with Crippen LogP contribution in [-0.4, -0.2) is 34.9 Å². The van der Waals surface area contributed by atoms with Gasteiger partial charge in [0.15, 0.2) is 0 Å². The molecule has 0 radical (unpaired) electrons. The van der Waals surface area contributed by atoms with Gasteiger partial charge in [0.25, 0.3) is 0 Å². The zero-order valence-corrected chi connectivity index (χ0v) is 49.8. The number of carbonyl (C=O) groups excluding carboxylic acids is 1. The molecule has 0 aromatic rings. The van der Waals surface area contributed by atoms with E-state index in [0.29, 0.717) is 6.42 Å². The maximum Gasteiger partial charge on any atom is 0.220 e. The first kappa shape index (κ1) is 72.0. The molecule has 4 heteroatoms. The van der Waals surface area contributed by atoms with Crippen LogP contribution >= 0.6 is 0 Å². The third-order valence-electron chi connectivity index (χ3n) is 14.5. The highest BCUT2D eigenvalue weighted by Gasteiger charge is 2.18.